The molecular formula is C24H13BiCl2F8. The van der Waals surface area contributed by atoms with E-state index in [0.717, 1.165) is 36.5 Å². The summed E-state index contributed by atoms with van der Waals surface area (Å²) < 4.78 is 70.6. The molecule has 0 aromatic heterocycles. The standard InChI is InChI=1S/C10H5Cl2.2C7H4F3.Bi.2FH/c11-9-6-10(12)8-5-3-1-2-4-7(8)9;2*8-7(9,10)6-4-2-1-3-5-6;;;/h1-5H;2*2-5H;;2*1H/q;;;+2;;/p-2. The summed E-state index contributed by atoms with van der Waals surface area (Å²) in [6, 6.07) is 0. The van der Waals surface area contributed by atoms with Crippen LogP contribution in [0.5, 0.6) is 0 Å². The summed E-state index contributed by atoms with van der Waals surface area (Å²) in [5, 5.41) is 1.18. The van der Waals surface area contributed by atoms with E-state index in [9.17, 15) is 26.3 Å². The van der Waals surface area contributed by atoms with Crippen LogP contribution in [0.3, 0.4) is 0 Å². The van der Waals surface area contributed by atoms with Gasteiger partial charge in [0.2, 0.25) is 0 Å². The average molecular weight is 733 g/mol. The third-order valence-corrected chi connectivity index (χ3v) is 4.42. The molecule has 0 spiro atoms. The molecule has 0 saturated carbocycles. The summed E-state index contributed by atoms with van der Waals surface area (Å²) >= 11 is 11.8. The Kier molecular flexibility index (Phi) is 16.2. The van der Waals surface area contributed by atoms with Gasteiger partial charge in [0, 0.05) is 24.0 Å². The van der Waals surface area contributed by atoms with Crippen molar-refractivity contribution in [1.29, 1.82) is 0 Å². The van der Waals surface area contributed by atoms with Crippen LogP contribution < -0.4 is 9.41 Å². The van der Waals surface area contributed by atoms with Crippen LogP contribution in [-0.2, 0) is 0 Å². The van der Waals surface area contributed by atoms with Gasteiger partial charge < -0.3 is 9.41 Å². The van der Waals surface area contributed by atoms with E-state index in [1.165, 1.54) is 24.3 Å². The van der Waals surface area contributed by atoms with Gasteiger partial charge >= 0.3 is 38.6 Å². The summed E-state index contributed by atoms with van der Waals surface area (Å²) in [7, 11) is 0. The third kappa shape index (κ3) is 11.6. The van der Waals surface area contributed by atoms with Crippen molar-refractivity contribution in [1.82, 2.24) is 0 Å². The van der Waals surface area contributed by atoms with Crippen LogP contribution in [0, 0.1) is 18.8 Å². The van der Waals surface area contributed by atoms with Gasteiger partial charge in [-0.25, -0.2) is 0 Å². The van der Waals surface area contributed by atoms with Gasteiger partial charge in [-0.3, -0.25) is 0 Å². The molecule has 0 aromatic carbocycles. The molecule has 11 heteroatoms. The fraction of sp³-hybridized carbons (Fsp3) is 0.0833. The number of halogens is 10. The average Bonchev–Trinajstić information content (AvgIpc) is 2.91. The predicted molar refractivity (Wildman–Crippen MR) is 120 cm³/mol. The van der Waals surface area contributed by atoms with E-state index in [2.05, 4.69) is 17.2 Å². The van der Waals surface area contributed by atoms with E-state index in [1.807, 2.05) is 30.4 Å². The second kappa shape index (κ2) is 16.0. The molecule has 0 heterocycles. The van der Waals surface area contributed by atoms with Gasteiger partial charge in [-0.05, 0) is 42.0 Å². The molecule has 0 aromatic rings. The van der Waals surface area contributed by atoms with E-state index >= 15 is 0 Å². The fourth-order valence-electron chi connectivity index (χ4n) is 2.31. The van der Waals surface area contributed by atoms with Crippen molar-refractivity contribution in [2.24, 2.45) is 0 Å². The number of rotatable bonds is 0. The van der Waals surface area contributed by atoms with Crippen LogP contribution in [-0.4, -0.2) is 38.6 Å². The predicted octanol–water partition coefficient (Wildman–Crippen LogP) is 1.91. The third-order valence-electron chi connectivity index (χ3n) is 3.82. The molecule has 0 amide bonds. The number of allylic oxidation sites excluding steroid dienone is 13. The minimum absolute atomic E-state index is 0. The monoisotopic (exact) mass is 732 g/mol. The molecule has 0 atom stereocenters. The van der Waals surface area contributed by atoms with Crippen molar-refractivity contribution >= 4 is 49.4 Å². The first kappa shape index (κ1) is 35.3. The molecule has 35 heavy (non-hydrogen) atoms. The second-order valence-electron chi connectivity index (χ2n) is 6.06. The Balaban J connectivity index is 0. The van der Waals surface area contributed by atoms with Crippen LogP contribution in [0.4, 0.5) is 26.3 Å². The summed E-state index contributed by atoms with van der Waals surface area (Å²) in [5.74, 6) is 0.951. The van der Waals surface area contributed by atoms with Crippen LogP contribution in [0.15, 0.2) is 111 Å². The van der Waals surface area contributed by atoms with E-state index in [0.29, 0.717) is 10.1 Å². The number of hydrogen-bond acceptors (Lipinski definition) is 0. The van der Waals surface area contributed by atoms with Crippen LogP contribution in [0.25, 0.3) is 0 Å². The Bertz CT molecular complexity index is 1030. The van der Waals surface area contributed by atoms with Crippen molar-refractivity contribution in [3.05, 3.63) is 130 Å². The molecule has 0 fully saturated rings. The summed E-state index contributed by atoms with van der Waals surface area (Å²) in [6.45, 7) is 0. The molecule has 0 unspecified atom stereocenters. The van der Waals surface area contributed by atoms with Gasteiger partial charge in [0.1, 0.15) is 0 Å². The van der Waals surface area contributed by atoms with Crippen molar-refractivity contribution in [2.45, 2.75) is 12.4 Å². The Hall–Kier alpha value is -1.84. The molecule has 0 aliphatic heterocycles. The molecule has 184 valence electrons. The molecule has 0 N–H and O–H groups in total. The van der Waals surface area contributed by atoms with Crippen molar-refractivity contribution < 1.29 is 35.8 Å². The largest absolute Gasteiger partial charge is 2.00 e. The van der Waals surface area contributed by atoms with Crippen LogP contribution in [0.2, 0.25) is 0 Å². The zero-order chi connectivity index (χ0) is 23.8. The van der Waals surface area contributed by atoms with Gasteiger partial charge in [-0.15, -0.1) is 11.5 Å². The number of fused-ring (bicyclic) bond motifs is 1. The van der Waals surface area contributed by atoms with Gasteiger partial charge in [0.15, 0.2) is 0 Å². The Labute approximate surface area is 226 Å². The van der Waals surface area contributed by atoms with Gasteiger partial charge in [0.25, 0.3) is 0 Å². The zero-order valence-corrected chi connectivity index (χ0v) is 22.2. The van der Waals surface area contributed by atoms with Gasteiger partial charge in [-0.2, -0.15) is 26.3 Å². The molecular weight excluding hydrogens is 720 g/mol. The van der Waals surface area contributed by atoms with Gasteiger partial charge in [-0.1, -0.05) is 59.3 Å². The molecule has 4 aliphatic rings. The Morgan fingerprint density at radius 3 is 1.49 bits per heavy atom. The van der Waals surface area contributed by atoms with Crippen molar-refractivity contribution in [3.8, 4) is 0 Å². The van der Waals surface area contributed by atoms with E-state index < -0.39 is 23.5 Å². The summed E-state index contributed by atoms with van der Waals surface area (Å²) in [6.07, 6.45) is 10.1. The summed E-state index contributed by atoms with van der Waals surface area (Å²) in [5.41, 5.74) is 7.55. The molecule has 0 saturated heterocycles. The molecule has 0 bridgehead atoms. The molecule has 6 radical (unpaired) electrons. The summed E-state index contributed by atoms with van der Waals surface area (Å²) in [4.78, 5) is 0. The van der Waals surface area contributed by atoms with Gasteiger partial charge in [0.05, 0.1) is 16.0 Å². The zero-order valence-electron chi connectivity index (χ0n) is 17.2. The maximum absolute atomic E-state index is 11.8. The topological polar surface area (TPSA) is 0 Å². The van der Waals surface area contributed by atoms with E-state index in [1.54, 1.807) is 0 Å². The maximum Gasteiger partial charge on any atom is 2.00 e. The number of hydrogen-bond donors (Lipinski definition) is 0. The number of alkyl halides is 6. The maximum atomic E-state index is 11.8. The normalized spacial score (nSPS) is 17.2. The SMILES string of the molecule is ClC1=C=C(Cl)C2=CC=CC=C[C]12.FC(F)(F)C1=CC=C=C[CH]1.FC(F)(F)C1=CC=C=C[CH]1.[Bi+2].[F-].[F-]. The first-order valence-electron chi connectivity index (χ1n) is 8.82. The molecule has 4 aliphatic carbocycles. The smallest absolute Gasteiger partial charge is 1.00 e. The van der Waals surface area contributed by atoms with E-state index in [-0.39, 0.29) is 35.6 Å². The first-order chi connectivity index (χ1) is 15.0. The first-order valence-corrected chi connectivity index (χ1v) is 9.57. The Morgan fingerprint density at radius 2 is 1.11 bits per heavy atom. The fourth-order valence-corrected chi connectivity index (χ4v) is 2.88. The van der Waals surface area contributed by atoms with Crippen molar-refractivity contribution in [2.75, 3.05) is 0 Å². The van der Waals surface area contributed by atoms with E-state index in [4.69, 9.17) is 23.2 Å². The van der Waals surface area contributed by atoms with Crippen LogP contribution in [0.1, 0.15) is 0 Å². The second-order valence-corrected chi connectivity index (χ2v) is 6.82. The molecule has 4 rings (SSSR count). The minimum atomic E-state index is -4.23. The molecule has 0 nitrogen and oxygen atoms in total. The quantitative estimate of drug-likeness (QED) is 0.203. The minimum Gasteiger partial charge on any atom is -1.00 e. The Morgan fingerprint density at radius 1 is 0.629 bits per heavy atom. The van der Waals surface area contributed by atoms with Crippen molar-refractivity contribution in [3.63, 3.8) is 0 Å². The van der Waals surface area contributed by atoms with Crippen LogP contribution >= 0.6 is 23.2 Å².